The number of piperidine rings is 1. The van der Waals surface area contributed by atoms with Gasteiger partial charge < -0.3 is 15.4 Å². The first kappa shape index (κ1) is 22.3. The van der Waals surface area contributed by atoms with Crippen LogP contribution in [-0.2, 0) is 6.54 Å². The summed E-state index contributed by atoms with van der Waals surface area (Å²) in [5.41, 5.74) is 1.36. The zero-order valence-electron chi connectivity index (χ0n) is 18.3. The number of nitrogens with one attached hydrogen (secondary N) is 2. The minimum Gasteiger partial charge on any atom is -0.497 e. The van der Waals surface area contributed by atoms with Crippen molar-refractivity contribution in [2.24, 2.45) is 10.9 Å². The van der Waals surface area contributed by atoms with Crippen molar-refractivity contribution in [3.05, 3.63) is 29.8 Å². The summed E-state index contributed by atoms with van der Waals surface area (Å²) < 4.78 is 5.25. The molecular weight excluding hydrogens is 380 g/mol. The highest BCUT2D eigenvalue weighted by molar-refractivity contribution is 7.99. The molecule has 1 aliphatic carbocycles. The van der Waals surface area contributed by atoms with Gasteiger partial charge >= 0.3 is 0 Å². The quantitative estimate of drug-likeness (QED) is 0.497. The number of rotatable bonds is 8. The number of hydrogen-bond acceptors (Lipinski definition) is 4. The van der Waals surface area contributed by atoms with Crippen LogP contribution in [0.2, 0.25) is 0 Å². The van der Waals surface area contributed by atoms with Crippen LogP contribution in [0.3, 0.4) is 0 Å². The molecule has 0 spiro atoms. The molecule has 2 unspecified atom stereocenters. The molecule has 1 aromatic rings. The number of hydrogen-bond donors (Lipinski definition) is 2. The van der Waals surface area contributed by atoms with Gasteiger partial charge in [0.15, 0.2) is 5.96 Å². The lowest BCUT2D eigenvalue weighted by Gasteiger charge is -2.31. The Morgan fingerprint density at radius 2 is 1.93 bits per heavy atom. The fourth-order valence-electron chi connectivity index (χ4n) is 4.34. The number of guanidine groups is 1. The molecule has 6 heteroatoms. The van der Waals surface area contributed by atoms with Crippen molar-refractivity contribution in [3.8, 4) is 5.75 Å². The topological polar surface area (TPSA) is 48.9 Å². The highest BCUT2D eigenvalue weighted by Gasteiger charge is 2.25. The second-order valence-corrected chi connectivity index (χ2v) is 9.44. The maximum Gasteiger partial charge on any atom is 0.191 e. The molecule has 0 bridgehead atoms. The third kappa shape index (κ3) is 7.10. The molecule has 1 heterocycles. The fourth-order valence-corrected chi connectivity index (χ4v) is 5.13. The molecule has 1 saturated heterocycles. The molecule has 1 aromatic carbocycles. The van der Waals surface area contributed by atoms with Gasteiger partial charge in [0.05, 0.1) is 7.11 Å². The zero-order valence-corrected chi connectivity index (χ0v) is 19.1. The van der Waals surface area contributed by atoms with E-state index in [0.717, 1.165) is 49.7 Å². The van der Waals surface area contributed by atoms with Gasteiger partial charge in [-0.15, -0.1) is 0 Å². The Labute approximate surface area is 181 Å². The first-order chi connectivity index (χ1) is 14.2. The van der Waals surface area contributed by atoms with E-state index in [2.05, 4.69) is 53.0 Å². The third-order valence-electron chi connectivity index (χ3n) is 6.18. The lowest BCUT2D eigenvalue weighted by atomic mass is 9.96. The van der Waals surface area contributed by atoms with Crippen LogP contribution in [0.1, 0.15) is 44.6 Å². The maximum atomic E-state index is 5.25. The molecule has 0 amide bonds. The van der Waals surface area contributed by atoms with Crippen molar-refractivity contribution in [2.75, 3.05) is 39.5 Å². The van der Waals surface area contributed by atoms with E-state index >= 15 is 0 Å². The molecular formula is C23H38N4OS. The van der Waals surface area contributed by atoms with Crippen molar-refractivity contribution < 1.29 is 4.74 Å². The molecule has 29 heavy (non-hydrogen) atoms. The first-order valence-corrected chi connectivity index (χ1v) is 12.4. The van der Waals surface area contributed by atoms with Gasteiger partial charge in [-0.1, -0.05) is 12.1 Å². The number of thioether (sulfide) groups is 1. The van der Waals surface area contributed by atoms with Gasteiger partial charge in [0.1, 0.15) is 5.75 Å². The molecule has 2 fully saturated rings. The second-order valence-electron chi connectivity index (χ2n) is 8.30. The molecule has 2 aliphatic rings. The van der Waals surface area contributed by atoms with Crippen LogP contribution < -0.4 is 15.4 Å². The fraction of sp³-hybridized carbons (Fsp3) is 0.696. The predicted molar refractivity (Wildman–Crippen MR) is 125 cm³/mol. The SMILES string of the molecule is CCNC(=NCC1CCN(Cc2ccc(OC)cc2)CC1)NC1CCC(SC)C1. The molecule has 1 saturated carbocycles. The average molecular weight is 419 g/mol. The smallest absolute Gasteiger partial charge is 0.191 e. The summed E-state index contributed by atoms with van der Waals surface area (Å²) in [5, 5.41) is 7.93. The number of likely N-dealkylation sites (tertiary alicyclic amines) is 1. The molecule has 3 rings (SSSR count). The summed E-state index contributed by atoms with van der Waals surface area (Å²) in [4.78, 5) is 7.50. The molecule has 2 N–H and O–H groups in total. The van der Waals surface area contributed by atoms with Gasteiger partial charge in [-0.25, -0.2) is 0 Å². The largest absolute Gasteiger partial charge is 0.497 e. The predicted octanol–water partition coefficient (Wildman–Crippen LogP) is 3.75. The van der Waals surface area contributed by atoms with E-state index in [9.17, 15) is 0 Å². The van der Waals surface area contributed by atoms with Gasteiger partial charge in [-0.2, -0.15) is 11.8 Å². The molecule has 2 atom stereocenters. The van der Waals surface area contributed by atoms with E-state index < -0.39 is 0 Å². The van der Waals surface area contributed by atoms with E-state index in [-0.39, 0.29) is 0 Å². The van der Waals surface area contributed by atoms with Crippen LogP contribution in [0.15, 0.2) is 29.3 Å². The van der Waals surface area contributed by atoms with Gasteiger partial charge in [-0.3, -0.25) is 9.89 Å². The van der Waals surface area contributed by atoms with Crippen LogP contribution in [0.5, 0.6) is 5.75 Å². The summed E-state index contributed by atoms with van der Waals surface area (Å²) in [6, 6.07) is 9.04. The van der Waals surface area contributed by atoms with E-state index in [1.165, 1.54) is 37.7 Å². The van der Waals surface area contributed by atoms with Crippen LogP contribution in [0.25, 0.3) is 0 Å². The highest BCUT2D eigenvalue weighted by atomic mass is 32.2. The van der Waals surface area contributed by atoms with Crippen molar-refractivity contribution in [1.82, 2.24) is 15.5 Å². The Kier molecular flexibility index (Phi) is 8.99. The Morgan fingerprint density at radius 3 is 2.55 bits per heavy atom. The number of nitrogens with zero attached hydrogens (tertiary/aromatic N) is 2. The Bertz CT molecular complexity index is 628. The monoisotopic (exact) mass is 418 g/mol. The summed E-state index contributed by atoms with van der Waals surface area (Å²) in [6.45, 7) is 7.36. The minimum atomic E-state index is 0.580. The number of benzene rings is 1. The average Bonchev–Trinajstić information content (AvgIpc) is 3.21. The van der Waals surface area contributed by atoms with Crippen LogP contribution in [0.4, 0.5) is 0 Å². The molecule has 0 radical (unpaired) electrons. The normalized spacial score (nSPS) is 23.9. The van der Waals surface area contributed by atoms with Crippen LogP contribution in [-0.4, -0.2) is 61.7 Å². The van der Waals surface area contributed by atoms with Crippen molar-refractivity contribution in [1.29, 1.82) is 0 Å². The summed E-state index contributed by atoms with van der Waals surface area (Å²) in [5.74, 6) is 2.64. The van der Waals surface area contributed by atoms with E-state index in [1.807, 2.05) is 11.8 Å². The maximum absolute atomic E-state index is 5.25. The molecule has 1 aliphatic heterocycles. The number of methoxy groups -OCH3 is 1. The summed E-state index contributed by atoms with van der Waals surface area (Å²) >= 11 is 2.00. The molecule has 162 valence electrons. The van der Waals surface area contributed by atoms with Crippen LogP contribution >= 0.6 is 11.8 Å². The van der Waals surface area contributed by atoms with Gasteiger partial charge in [-0.05, 0) is 82.0 Å². The highest BCUT2D eigenvalue weighted by Crippen LogP contribution is 2.28. The summed E-state index contributed by atoms with van der Waals surface area (Å²) in [7, 11) is 1.72. The first-order valence-electron chi connectivity index (χ1n) is 11.1. The minimum absolute atomic E-state index is 0.580. The van der Waals surface area contributed by atoms with Crippen molar-refractivity contribution in [2.45, 2.75) is 56.9 Å². The van der Waals surface area contributed by atoms with Gasteiger partial charge in [0.25, 0.3) is 0 Å². The Morgan fingerprint density at radius 1 is 1.17 bits per heavy atom. The molecule has 0 aromatic heterocycles. The Hall–Kier alpha value is -1.40. The van der Waals surface area contributed by atoms with Crippen LogP contribution in [0, 0.1) is 5.92 Å². The number of ether oxygens (including phenoxy) is 1. The van der Waals surface area contributed by atoms with Crippen molar-refractivity contribution >= 4 is 17.7 Å². The molecule has 5 nitrogen and oxygen atoms in total. The summed E-state index contributed by atoms with van der Waals surface area (Å²) in [6.07, 6.45) is 8.54. The van der Waals surface area contributed by atoms with Gasteiger partial charge in [0, 0.05) is 30.9 Å². The lowest BCUT2D eigenvalue weighted by molar-refractivity contribution is 0.180. The third-order valence-corrected chi connectivity index (χ3v) is 7.28. The van der Waals surface area contributed by atoms with Crippen molar-refractivity contribution in [3.63, 3.8) is 0 Å². The zero-order chi connectivity index (χ0) is 20.5. The standard InChI is InChI=1S/C23H38N4OS/c1-4-24-23(26-20-7-10-22(15-20)29-3)25-16-18-11-13-27(14-12-18)17-19-5-8-21(28-2)9-6-19/h5-6,8-9,18,20,22H,4,7,10-17H2,1-3H3,(H2,24,25,26). The number of aliphatic imine (C=N–C) groups is 1. The lowest BCUT2D eigenvalue weighted by Crippen LogP contribution is -2.43. The van der Waals surface area contributed by atoms with E-state index in [1.54, 1.807) is 7.11 Å². The van der Waals surface area contributed by atoms with E-state index in [4.69, 9.17) is 9.73 Å². The van der Waals surface area contributed by atoms with E-state index in [0.29, 0.717) is 12.0 Å². The Balaban J connectivity index is 1.42. The van der Waals surface area contributed by atoms with Gasteiger partial charge in [0.2, 0.25) is 0 Å². The second kappa shape index (κ2) is 11.7.